The lowest BCUT2D eigenvalue weighted by molar-refractivity contribution is -0.122. The zero-order chi connectivity index (χ0) is 19.3. The topological polar surface area (TPSA) is 93.7 Å². The molecule has 0 saturated heterocycles. The fourth-order valence-corrected chi connectivity index (χ4v) is 3.48. The Morgan fingerprint density at radius 2 is 1.89 bits per heavy atom. The molecule has 1 heterocycles. The normalized spacial score (nSPS) is 14.3. The third-order valence-corrected chi connectivity index (χ3v) is 5.05. The van der Waals surface area contributed by atoms with E-state index >= 15 is 0 Å². The molecule has 0 spiro atoms. The van der Waals surface area contributed by atoms with Gasteiger partial charge in [-0.2, -0.15) is 4.72 Å². The van der Waals surface area contributed by atoms with E-state index in [1.54, 1.807) is 24.3 Å². The van der Waals surface area contributed by atoms with Crippen molar-refractivity contribution < 1.29 is 22.7 Å². The highest BCUT2D eigenvalue weighted by molar-refractivity contribution is 7.92. The van der Waals surface area contributed by atoms with Crippen LogP contribution < -0.4 is 19.5 Å². The predicted molar refractivity (Wildman–Crippen MR) is 101 cm³/mol. The maximum absolute atomic E-state index is 12.2. The van der Waals surface area contributed by atoms with Gasteiger partial charge in [0, 0.05) is 12.0 Å². The molecule has 0 saturated carbocycles. The van der Waals surface area contributed by atoms with E-state index in [-0.39, 0.29) is 13.3 Å². The third-order valence-electron chi connectivity index (χ3n) is 3.88. The molecule has 2 N–H and O–H groups in total. The summed E-state index contributed by atoms with van der Waals surface area (Å²) in [4.78, 5) is 12.2. The van der Waals surface area contributed by atoms with Crippen LogP contribution >= 0.6 is 0 Å². The minimum absolute atomic E-state index is 0.181. The monoisotopic (exact) mass is 388 g/mol. The summed E-state index contributed by atoms with van der Waals surface area (Å²) in [7, 11) is -3.74. The highest BCUT2D eigenvalue weighted by Gasteiger charge is 2.19. The number of nitrogens with one attached hydrogen (secondary N) is 2. The van der Waals surface area contributed by atoms with E-state index in [2.05, 4.69) is 10.0 Å². The Morgan fingerprint density at radius 1 is 1.15 bits per heavy atom. The fraction of sp³-hybridized carbons (Fsp3) is 0.211. The Kier molecular flexibility index (Phi) is 5.78. The molecule has 142 valence electrons. The Morgan fingerprint density at radius 3 is 2.67 bits per heavy atom. The number of hydrogen-bond acceptors (Lipinski definition) is 5. The molecule has 0 fully saturated rings. The van der Waals surface area contributed by atoms with Crippen molar-refractivity contribution >= 4 is 22.0 Å². The van der Waals surface area contributed by atoms with Crippen molar-refractivity contribution in [1.29, 1.82) is 0 Å². The number of ether oxygens (including phenoxy) is 2. The third kappa shape index (κ3) is 5.32. The molecular weight excluding hydrogens is 368 g/mol. The smallest absolute Gasteiger partial charge is 0.238 e. The van der Waals surface area contributed by atoms with Gasteiger partial charge in [-0.1, -0.05) is 36.4 Å². The predicted octanol–water partition coefficient (Wildman–Crippen LogP) is 2.01. The van der Waals surface area contributed by atoms with Gasteiger partial charge in [0.25, 0.3) is 0 Å². The average Bonchev–Trinajstić information content (AvgIpc) is 3.13. The maximum atomic E-state index is 12.2. The molecule has 0 bridgehead atoms. The molecule has 27 heavy (non-hydrogen) atoms. The summed E-state index contributed by atoms with van der Waals surface area (Å²) in [6, 6.07) is 13.5. The highest BCUT2D eigenvalue weighted by Crippen LogP contribution is 2.32. The number of carbonyl (C=O) groups is 1. The molecule has 2 aromatic carbocycles. The van der Waals surface area contributed by atoms with E-state index in [9.17, 15) is 13.2 Å². The van der Waals surface area contributed by atoms with Crippen LogP contribution in [0.2, 0.25) is 0 Å². The quantitative estimate of drug-likeness (QED) is 0.757. The molecule has 0 unspecified atom stereocenters. The van der Waals surface area contributed by atoms with Crippen molar-refractivity contribution in [3.05, 3.63) is 65.1 Å². The van der Waals surface area contributed by atoms with E-state index in [4.69, 9.17) is 9.47 Å². The molecule has 1 atom stereocenters. The fourth-order valence-electron chi connectivity index (χ4n) is 2.46. The summed E-state index contributed by atoms with van der Waals surface area (Å²) in [5, 5.41) is 3.75. The van der Waals surface area contributed by atoms with Gasteiger partial charge in [-0.15, -0.1) is 0 Å². The van der Waals surface area contributed by atoms with Crippen molar-refractivity contribution in [2.45, 2.75) is 19.5 Å². The lowest BCUT2D eigenvalue weighted by atomic mass is 10.2. The maximum Gasteiger partial charge on any atom is 0.238 e. The molecule has 7 nitrogen and oxygen atoms in total. The molecule has 1 aliphatic rings. The van der Waals surface area contributed by atoms with Crippen LogP contribution in [-0.2, 0) is 21.4 Å². The zero-order valence-electron chi connectivity index (χ0n) is 14.7. The first-order chi connectivity index (χ1) is 12.9. The molecule has 0 radical (unpaired) electrons. The number of benzene rings is 2. The first-order valence-corrected chi connectivity index (χ1v) is 9.89. The van der Waals surface area contributed by atoms with Crippen LogP contribution in [0.4, 0.5) is 0 Å². The van der Waals surface area contributed by atoms with Crippen LogP contribution in [0.3, 0.4) is 0 Å². The van der Waals surface area contributed by atoms with Crippen molar-refractivity contribution in [1.82, 2.24) is 10.0 Å². The van der Waals surface area contributed by atoms with Crippen LogP contribution in [0, 0.1) is 0 Å². The number of sulfonamides is 1. The van der Waals surface area contributed by atoms with Gasteiger partial charge in [0.2, 0.25) is 22.7 Å². The Balaban J connectivity index is 1.53. The zero-order valence-corrected chi connectivity index (χ0v) is 15.5. The van der Waals surface area contributed by atoms with E-state index < -0.39 is 22.0 Å². The van der Waals surface area contributed by atoms with Crippen molar-refractivity contribution in [3.63, 3.8) is 0 Å². The van der Waals surface area contributed by atoms with Crippen LogP contribution in [0.5, 0.6) is 11.5 Å². The summed E-state index contributed by atoms with van der Waals surface area (Å²) in [6.07, 6.45) is 1.47. The lowest BCUT2D eigenvalue weighted by Gasteiger charge is -2.13. The minimum Gasteiger partial charge on any atom is -0.454 e. The van der Waals surface area contributed by atoms with Gasteiger partial charge in [0.1, 0.15) is 0 Å². The molecule has 1 amide bonds. The van der Waals surface area contributed by atoms with E-state index in [0.717, 1.165) is 16.5 Å². The lowest BCUT2D eigenvalue weighted by Crippen LogP contribution is -2.43. The molecule has 1 aliphatic heterocycles. The summed E-state index contributed by atoms with van der Waals surface area (Å²) < 4.78 is 37.1. The van der Waals surface area contributed by atoms with Gasteiger partial charge in [-0.25, -0.2) is 8.42 Å². The van der Waals surface area contributed by atoms with Crippen LogP contribution in [-0.4, -0.2) is 27.2 Å². The van der Waals surface area contributed by atoms with E-state index in [0.29, 0.717) is 11.5 Å². The van der Waals surface area contributed by atoms with Gasteiger partial charge in [0.05, 0.1) is 6.04 Å². The Labute approximate surface area is 158 Å². The first kappa shape index (κ1) is 18.9. The SMILES string of the molecule is C[C@H](NS(=O)(=O)/C=C/c1ccccc1)C(=O)NCc1ccc2c(c1)OCO2. The molecule has 0 aromatic heterocycles. The minimum atomic E-state index is -3.74. The van der Waals surface area contributed by atoms with Crippen molar-refractivity contribution in [2.24, 2.45) is 0 Å². The highest BCUT2D eigenvalue weighted by atomic mass is 32.2. The van der Waals surface area contributed by atoms with Gasteiger partial charge < -0.3 is 14.8 Å². The van der Waals surface area contributed by atoms with Crippen LogP contribution in [0.15, 0.2) is 53.9 Å². The summed E-state index contributed by atoms with van der Waals surface area (Å²) in [5.41, 5.74) is 1.58. The second-order valence-corrected chi connectivity index (χ2v) is 7.60. The number of amides is 1. The van der Waals surface area contributed by atoms with Crippen LogP contribution in [0.25, 0.3) is 6.08 Å². The molecule has 3 rings (SSSR count). The number of rotatable bonds is 7. The van der Waals surface area contributed by atoms with Gasteiger partial charge >= 0.3 is 0 Å². The van der Waals surface area contributed by atoms with Gasteiger partial charge in [-0.05, 0) is 36.3 Å². The second kappa shape index (κ2) is 8.24. The number of fused-ring (bicyclic) bond motifs is 1. The summed E-state index contributed by atoms with van der Waals surface area (Å²) in [6.45, 7) is 1.92. The van der Waals surface area contributed by atoms with Gasteiger partial charge in [-0.3, -0.25) is 4.79 Å². The van der Waals surface area contributed by atoms with E-state index in [1.165, 1.54) is 13.0 Å². The first-order valence-electron chi connectivity index (χ1n) is 8.35. The second-order valence-electron chi connectivity index (χ2n) is 6.00. The standard InChI is InChI=1S/C19H20N2O5S/c1-14(21-27(23,24)10-9-15-5-3-2-4-6-15)19(22)20-12-16-7-8-17-18(11-16)26-13-25-17/h2-11,14,21H,12-13H2,1H3,(H,20,22)/b10-9+/t14-/m0/s1. The molecule has 0 aliphatic carbocycles. The van der Waals surface area contributed by atoms with Crippen molar-refractivity contribution in [2.75, 3.05) is 6.79 Å². The number of carbonyl (C=O) groups excluding carboxylic acids is 1. The molecular formula is C19H20N2O5S. The molecule has 8 heteroatoms. The number of hydrogen-bond donors (Lipinski definition) is 2. The van der Waals surface area contributed by atoms with Crippen molar-refractivity contribution in [3.8, 4) is 11.5 Å². The van der Waals surface area contributed by atoms with Gasteiger partial charge in [0.15, 0.2) is 11.5 Å². The molecule has 2 aromatic rings. The van der Waals surface area contributed by atoms with E-state index in [1.807, 2.05) is 24.3 Å². The summed E-state index contributed by atoms with van der Waals surface area (Å²) in [5.74, 6) is 0.863. The Bertz CT molecular complexity index is 942. The summed E-state index contributed by atoms with van der Waals surface area (Å²) >= 11 is 0. The Hall–Kier alpha value is -2.84. The average molecular weight is 388 g/mol. The largest absolute Gasteiger partial charge is 0.454 e. The van der Waals surface area contributed by atoms with Crippen LogP contribution in [0.1, 0.15) is 18.1 Å².